The first kappa shape index (κ1) is 14.1. The Morgan fingerprint density at radius 3 is 2.65 bits per heavy atom. The van der Waals surface area contributed by atoms with Crippen LogP contribution in [-0.4, -0.2) is 26.6 Å². The van der Waals surface area contributed by atoms with Gasteiger partial charge in [0.1, 0.15) is 0 Å². The van der Waals surface area contributed by atoms with Gasteiger partial charge in [-0.2, -0.15) is 0 Å². The van der Waals surface area contributed by atoms with E-state index in [1.807, 2.05) is 6.92 Å². The number of aryl methyl sites for hydroxylation is 1. The van der Waals surface area contributed by atoms with E-state index in [4.69, 9.17) is 4.74 Å². The van der Waals surface area contributed by atoms with Crippen LogP contribution >= 0.6 is 0 Å². The zero-order valence-electron chi connectivity index (χ0n) is 9.26. The number of halogens is 3. The second kappa shape index (κ2) is 5.60. The Hall–Kier alpha value is -0.941. The molecule has 0 saturated carbocycles. The van der Waals surface area contributed by atoms with E-state index in [-0.39, 0.29) is 18.1 Å². The number of alkyl halides is 3. The van der Waals surface area contributed by atoms with Gasteiger partial charge in [-0.25, -0.2) is 0 Å². The molecule has 1 rings (SSSR count). The minimum absolute atomic E-state index is 0.0158. The number of rotatable bonds is 4. The second-order valence-corrected chi connectivity index (χ2v) is 5.49. The number of hydrogen-bond acceptors (Lipinski definition) is 3. The van der Waals surface area contributed by atoms with Crippen molar-refractivity contribution in [1.82, 2.24) is 0 Å². The van der Waals surface area contributed by atoms with Crippen molar-refractivity contribution in [1.29, 1.82) is 0 Å². The van der Waals surface area contributed by atoms with E-state index < -0.39 is 30.1 Å². The van der Waals surface area contributed by atoms with E-state index in [1.165, 1.54) is 13.0 Å². The molecule has 0 aromatic carbocycles. The standard InChI is InChI=1S/C10H11F3O3Se/c1-3-4-15-7-5-6(2)16-9(14)8(7)17-10(11,12)13/h5H,3-4H2,1-2H3. The van der Waals surface area contributed by atoms with Crippen molar-refractivity contribution in [3.8, 4) is 5.75 Å². The van der Waals surface area contributed by atoms with Gasteiger partial charge in [0.15, 0.2) is 0 Å². The first-order valence-electron chi connectivity index (χ1n) is 4.86. The van der Waals surface area contributed by atoms with Gasteiger partial charge >= 0.3 is 102 Å². The molecule has 0 radical (unpaired) electrons. The Bertz CT molecular complexity index is 439. The van der Waals surface area contributed by atoms with E-state index in [9.17, 15) is 18.0 Å². The van der Waals surface area contributed by atoms with Crippen molar-refractivity contribution in [3.05, 3.63) is 22.2 Å². The first-order valence-corrected chi connectivity index (χ1v) is 6.58. The summed E-state index contributed by atoms with van der Waals surface area (Å²) in [6.07, 6.45) is 0.651. The van der Waals surface area contributed by atoms with Crippen LogP contribution in [-0.2, 0) is 0 Å². The molecule has 7 heteroatoms. The van der Waals surface area contributed by atoms with Gasteiger partial charge in [0.05, 0.1) is 0 Å². The Balaban J connectivity index is 3.11. The molecule has 0 N–H and O–H groups in total. The van der Waals surface area contributed by atoms with Gasteiger partial charge in [-0.15, -0.1) is 0 Å². The first-order chi connectivity index (χ1) is 7.83. The van der Waals surface area contributed by atoms with E-state index in [1.54, 1.807) is 0 Å². The molecule has 0 saturated heterocycles. The average molecular weight is 315 g/mol. The fourth-order valence-corrected chi connectivity index (χ4v) is 2.31. The van der Waals surface area contributed by atoms with Gasteiger partial charge < -0.3 is 0 Å². The van der Waals surface area contributed by atoms with Gasteiger partial charge in [-0.1, -0.05) is 0 Å². The molecular weight excluding hydrogens is 304 g/mol. The molecule has 1 heterocycles. The summed E-state index contributed by atoms with van der Waals surface area (Å²) in [5.74, 6) is 0.223. The van der Waals surface area contributed by atoms with E-state index in [2.05, 4.69) is 4.42 Å². The van der Waals surface area contributed by atoms with E-state index in [0.29, 0.717) is 6.42 Å². The Morgan fingerprint density at radius 2 is 2.12 bits per heavy atom. The molecule has 0 aliphatic carbocycles. The van der Waals surface area contributed by atoms with Crippen LogP contribution in [0.5, 0.6) is 5.75 Å². The van der Waals surface area contributed by atoms with Gasteiger partial charge in [0.25, 0.3) is 0 Å². The molecule has 96 valence electrons. The van der Waals surface area contributed by atoms with Crippen LogP contribution in [0.25, 0.3) is 0 Å². The molecule has 0 aliphatic rings. The molecule has 0 aliphatic heterocycles. The number of hydrogen-bond donors (Lipinski definition) is 0. The van der Waals surface area contributed by atoms with Gasteiger partial charge in [-0.05, 0) is 0 Å². The third-order valence-electron chi connectivity index (χ3n) is 1.68. The van der Waals surface area contributed by atoms with Crippen molar-refractivity contribution in [2.45, 2.75) is 25.3 Å². The van der Waals surface area contributed by atoms with Crippen molar-refractivity contribution >= 4 is 19.4 Å². The molecule has 0 amide bonds. The molecule has 1 aromatic heterocycles. The molecular formula is C10H11F3O3Se. The molecule has 3 nitrogen and oxygen atoms in total. The van der Waals surface area contributed by atoms with Gasteiger partial charge in [0.2, 0.25) is 0 Å². The fourth-order valence-electron chi connectivity index (χ4n) is 1.10. The number of ether oxygens (including phenoxy) is 1. The maximum absolute atomic E-state index is 12.3. The van der Waals surface area contributed by atoms with Crippen LogP contribution in [0.4, 0.5) is 13.2 Å². The molecule has 0 atom stereocenters. The molecule has 17 heavy (non-hydrogen) atoms. The second-order valence-electron chi connectivity index (χ2n) is 3.23. The van der Waals surface area contributed by atoms with Crippen LogP contribution in [0.3, 0.4) is 0 Å². The Labute approximate surface area is 102 Å². The SMILES string of the molecule is CCCOc1cc(C)oc(=O)c1[Se]C(F)(F)F. The van der Waals surface area contributed by atoms with Crippen LogP contribution in [0, 0.1) is 6.92 Å². The summed E-state index contributed by atoms with van der Waals surface area (Å²) in [7, 11) is 0. The van der Waals surface area contributed by atoms with Crippen LogP contribution < -0.4 is 14.8 Å². The molecule has 1 aromatic rings. The minimum atomic E-state index is -4.40. The van der Waals surface area contributed by atoms with Crippen molar-refractivity contribution in [2.75, 3.05) is 6.61 Å². The summed E-state index contributed by atoms with van der Waals surface area (Å²) >= 11 is -1.95. The summed E-state index contributed by atoms with van der Waals surface area (Å²) < 4.78 is 46.3. The normalized spacial score (nSPS) is 11.6. The van der Waals surface area contributed by atoms with E-state index >= 15 is 0 Å². The third-order valence-corrected chi connectivity index (χ3v) is 3.36. The topological polar surface area (TPSA) is 39.4 Å². The quantitative estimate of drug-likeness (QED) is 0.792. The third kappa shape index (κ3) is 4.44. The molecule has 0 spiro atoms. The predicted molar refractivity (Wildman–Crippen MR) is 56.9 cm³/mol. The van der Waals surface area contributed by atoms with Crippen molar-refractivity contribution in [3.63, 3.8) is 0 Å². The van der Waals surface area contributed by atoms with E-state index in [0.717, 1.165) is 0 Å². The zero-order chi connectivity index (χ0) is 13.1. The summed E-state index contributed by atoms with van der Waals surface area (Å²) in [4.78, 5) is 11.4. The Kier molecular flexibility index (Phi) is 4.65. The monoisotopic (exact) mass is 316 g/mol. The summed E-state index contributed by atoms with van der Waals surface area (Å²) in [6, 6.07) is 1.32. The van der Waals surface area contributed by atoms with Crippen LogP contribution in [0.2, 0.25) is 0 Å². The fraction of sp³-hybridized carbons (Fsp3) is 0.500. The van der Waals surface area contributed by atoms with Gasteiger partial charge in [0, 0.05) is 0 Å². The van der Waals surface area contributed by atoms with Gasteiger partial charge in [-0.3, -0.25) is 0 Å². The molecule has 0 unspecified atom stereocenters. The maximum atomic E-state index is 12.3. The predicted octanol–water partition coefficient (Wildman–Crippen LogP) is 1.59. The van der Waals surface area contributed by atoms with Crippen LogP contribution in [0.15, 0.2) is 15.3 Å². The van der Waals surface area contributed by atoms with Crippen molar-refractivity contribution < 1.29 is 22.3 Å². The summed E-state index contributed by atoms with van der Waals surface area (Å²) in [6.45, 7) is 3.58. The Morgan fingerprint density at radius 1 is 1.47 bits per heavy atom. The summed E-state index contributed by atoms with van der Waals surface area (Å²) in [5.41, 5.74) is -0.964. The summed E-state index contributed by atoms with van der Waals surface area (Å²) in [5, 5.41) is -4.40. The zero-order valence-corrected chi connectivity index (χ0v) is 11.0. The molecule has 0 bridgehead atoms. The van der Waals surface area contributed by atoms with Crippen molar-refractivity contribution in [2.24, 2.45) is 0 Å². The molecule has 0 fully saturated rings. The average Bonchev–Trinajstić information content (AvgIpc) is 2.18. The van der Waals surface area contributed by atoms with Crippen LogP contribution in [0.1, 0.15) is 19.1 Å².